The lowest BCUT2D eigenvalue weighted by Crippen LogP contribution is -2.48. The lowest BCUT2D eigenvalue weighted by molar-refractivity contribution is -0.137. The maximum absolute atomic E-state index is 11.8. The van der Waals surface area contributed by atoms with E-state index in [0.29, 0.717) is 12.8 Å². The molecular weight excluding hydrogens is 192 g/mol. The summed E-state index contributed by atoms with van der Waals surface area (Å²) >= 11 is 0. The van der Waals surface area contributed by atoms with Crippen molar-refractivity contribution < 1.29 is 9.59 Å². The molecule has 0 spiro atoms. The molecule has 0 radical (unpaired) electrons. The maximum Gasteiger partial charge on any atom is 0.242 e. The highest BCUT2D eigenvalue weighted by molar-refractivity contribution is 5.88. The predicted octanol–water partition coefficient (Wildman–Crippen LogP) is 0.912. The molecule has 86 valence electrons. The third-order valence-electron chi connectivity index (χ3n) is 2.61. The quantitative estimate of drug-likeness (QED) is 0.753. The fraction of sp³-hybridized carbons (Fsp3) is 0.818. The Morgan fingerprint density at radius 1 is 1.53 bits per heavy atom. The van der Waals surface area contributed by atoms with Crippen molar-refractivity contribution in [3.63, 3.8) is 0 Å². The standard InChI is InChI=1S/C11H20N2O2/c1-4-9(11(15)12-8(2)3)13-7-5-6-10(13)14/h8-9H,4-7H2,1-3H3,(H,12,15)/t9-/m0/s1. The van der Waals surface area contributed by atoms with Gasteiger partial charge in [0.05, 0.1) is 0 Å². The summed E-state index contributed by atoms with van der Waals surface area (Å²) in [6.07, 6.45) is 2.15. The molecule has 0 aromatic carbocycles. The first-order chi connectivity index (χ1) is 7.06. The molecule has 1 fully saturated rings. The van der Waals surface area contributed by atoms with Crippen LogP contribution in [0.2, 0.25) is 0 Å². The van der Waals surface area contributed by atoms with Gasteiger partial charge in [-0.1, -0.05) is 6.92 Å². The van der Waals surface area contributed by atoms with Crippen LogP contribution in [0.1, 0.15) is 40.0 Å². The molecule has 2 amide bonds. The Bertz CT molecular complexity index is 251. The van der Waals surface area contributed by atoms with Gasteiger partial charge in [0.25, 0.3) is 0 Å². The molecule has 15 heavy (non-hydrogen) atoms. The van der Waals surface area contributed by atoms with Crippen molar-refractivity contribution in [1.82, 2.24) is 10.2 Å². The number of hydrogen-bond acceptors (Lipinski definition) is 2. The highest BCUT2D eigenvalue weighted by atomic mass is 16.2. The van der Waals surface area contributed by atoms with Crippen molar-refractivity contribution in [2.75, 3.05) is 6.54 Å². The molecule has 0 unspecified atom stereocenters. The first-order valence-corrected chi connectivity index (χ1v) is 5.66. The monoisotopic (exact) mass is 212 g/mol. The summed E-state index contributed by atoms with van der Waals surface area (Å²) < 4.78 is 0. The molecule has 0 bridgehead atoms. The number of amides is 2. The number of likely N-dealkylation sites (tertiary alicyclic amines) is 1. The smallest absolute Gasteiger partial charge is 0.242 e. The van der Waals surface area contributed by atoms with Crippen LogP contribution in [0.4, 0.5) is 0 Å². The fourth-order valence-electron chi connectivity index (χ4n) is 1.93. The van der Waals surface area contributed by atoms with Crippen molar-refractivity contribution >= 4 is 11.8 Å². The summed E-state index contributed by atoms with van der Waals surface area (Å²) in [5.41, 5.74) is 0. The van der Waals surface area contributed by atoms with E-state index >= 15 is 0 Å². The van der Waals surface area contributed by atoms with Crippen molar-refractivity contribution in [2.45, 2.75) is 52.1 Å². The second-order valence-electron chi connectivity index (χ2n) is 4.28. The van der Waals surface area contributed by atoms with Gasteiger partial charge in [0.15, 0.2) is 0 Å². The molecule has 0 aromatic rings. The molecule has 0 aliphatic carbocycles. The zero-order valence-electron chi connectivity index (χ0n) is 9.75. The molecule has 4 heteroatoms. The Hall–Kier alpha value is -1.06. The Morgan fingerprint density at radius 3 is 2.60 bits per heavy atom. The second kappa shape index (κ2) is 5.14. The number of rotatable bonds is 4. The predicted molar refractivity (Wildman–Crippen MR) is 58.3 cm³/mol. The molecule has 0 aromatic heterocycles. The van der Waals surface area contributed by atoms with Crippen LogP contribution in [-0.4, -0.2) is 35.3 Å². The molecule has 0 saturated carbocycles. The highest BCUT2D eigenvalue weighted by Crippen LogP contribution is 2.15. The highest BCUT2D eigenvalue weighted by Gasteiger charge is 2.31. The third-order valence-corrected chi connectivity index (χ3v) is 2.61. The Morgan fingerprint density at radius 2 is 2.20 bits per heavy atom. The van der Waals surface area contributed by atoms with E-state index in [0.717, 1.165) is 13.0 Å². The van der Waals surface area contributed by atoms with Crippen molar-refractivity contribution in [3.05, 3.63) is 0 Å². The number of nitrogens with zero attached hydrogens (tertiary/aromatic N) is 1. The van der Waals surface area contributed by atoms with Crippen LogP contribution < -0.4 is 5.32 Å². The number of nitrogens with one attached hydrogen (secondary N) is 1. The Kier molecular flexibility index (Phi) is 4.12. The van der Waals surface area contributed by atoms with Crippen LogP contribution in [0.5, 0.6) is 0 Å². The van der Waals surface area contributed by atoms with Gasteiger partial charge in [-0.2, -0.15) is 0 Å². The van der Waals surface area contributed by atoms with Crippen LogP contribution in [0.15, 0.2) is 0 Å². The summed E-state index contributed by atoms with van der Waals surface area (Å²) in [5, 5.41) is 2.86. The van der Waals surface area contributed by atoms with Crippen LogP contribution in [0.3, 0.4) is 0 Å². The van der Waals surface area contributed by atoms with Crippen molar-refractivity contribution in [3.8, 4) is 0 Å². The van der Waals surface area contributed by atoms with Crippen LogP contribution in [0.25, 0.3) is 0 Å². The molecule has 1 aliphatic heterocycles. The van der Waals surface area contributed by atoms with E-state index in [2.05, 4.69) is 5.32 Å². The van der Waals surface area contributed by atoms with E-state index in [1.165, 1.54) is 0 Å². The fourth-order valence-corrected chi connectivity index (χ4v) is 1.93. The Labute approximate surface area is 91.0 Å². The van der Waals surface area contributed by atoms with Gasteiger partial charge in [-0.3, -0.25) is 9.59 Å². The molecule has 1 N–H and O–H groups in total. The number of carbonyl (C=O) groups excluding carboxylic acids is 2. The van der Waals surface area contributed by atoms with Gasteiger partial charge in [-0.05, 0) is 26.7 Å². The molecule has 1 saturated heterocycles. The summed E-state index contributed by atoms with van der Waals surface area (Å²) in [7, 11) is 0. The summed E-state index contributed by atoms with van der Waals surface area (Å²) in [6, 6.07) is -0.147. The average Bonchev–Trinajstić information content (AvgIpc) is 2.52. The minimum Gasteiger partial charge on any atom is -0.352 e. The lowest BCUT2D eigenvalue weighted by atomic mass is 10.1. The van der Waals surface area contributed by atoms with Crippen LogP contribution in [0, 0.1) is 0 Å². The minimum atomic E-state index is -0.276. The summed E-state index contributed by atoms with van der Waals surface area (Å²) in [4.78, 5) is 25.0. The van der Waals surface area contributed by atoms with Gasteiger partial charge in [-0.15, -0.1) is 0 Å². The van der Waals surface area contributed by atoms with Gasteiger partial charge in [-0.25, -0.2) is 0 Å². The zero-order chi connectivity index (χ0) is 11.4. The first-order valence-electron chi connectivity index (χ1n) is 5.66. The van der Waals surface area contributed by atoms with E-state index in [1.54, 1.807) is 4.90 Å². The second-order valence-corrected chi connectivity index (χ2v) is 4.28. The number of hydrogen-bond donors (Lipinski definition) is 1. The van der Waals surface area contributed by atoms with E-state index in [9.17, 15) is 9.59 Å². The van der Waals surface area contributed by atoms with Gasteiger partial charge in [0, 0.05) is 19.0 Å². The molecule has 1 atom stereocenters. The van der Waals surface area contributed by atoms with Gasteiger partial charge >= 0.3 is 0 Å². The van der Waals surface area contributed by atoms with Crippen LogP contribution >= 0.6 is 0 Å². The van der Waals surface area contributed by atoms with E-state index < -0.39 is 0 Å². The Balaban J connectivity index is 2.61. The molecule has 1 heterocycles. The zero-order valence-corrected chi connectivity index (χ0v) is 9.75. The van der Waals surface area contributed by atoms with Crippen molar-refractivity contribution in [2.24, 2.45) is 0 Å². The normalized spacial score (nSPS) is 18.4. The number of carbonyl (C=O) groups is 2. The summed E-state index contributed by atoms with van der Waals surface area (Å²) in [5.74, 6) is 0.0866. The molecule has 4 nitrogen and oxygen atoms in total. The minimum absolute atomic E-state index is 0.0252. The largest absolute Gasteiger partial charge is 0.352 e. The lowest BCUT2D eigenvalue weighted by Gasteiger charge is -2.26. The molecule has 1 rings (SSSR count). The molecular formula is C11H20N2O2. The summed E-state index contributed by atoms with van der Waals surface area (Å²) in [6.45, 7) is 6.52. The van der Waals surface area contributed by atoms with Gasteiger partial charge < -0.3 is 10.2 Å². The van der Waals surface area contributed by atoms with E-state index in [-0.39, 0.29) is 23.9 Å². The third kappa shape index (κ3) is 2.94. The average molecular weight is 212 g/mol. The molecule has 1 aliphatic rings. The van der Waals surface area contributed by atoms with E-state index in [1.807, 2.05) is 20.8 Å². The maximum atomic E-state index is 11.8. The topological polar surface area (TPSA) is 49.4 Å². The van der Waals surface area contributed by atoms with Crippen molar-refractivity contribution in [1.29, 1.82) is 0 Å². The van der Waals surface area contributed by atoms with Gasteiger partial charge in [0.1, 0.15) is 6.04 Å². The SMILES string of the molecule is CC[C@@H](C(=O)NC(C)C)N1CCCC1=O. The van der Waals surface area contributed by atoms with Crippen LogP contribution in [-0.2, 0) is 9.59 Å². The first kappa shape index (κ1) is 12.0. The van der Waals surface area contributed by atoms with E-state index in [4.69, 9.17) is 0 Å². The van der Waals surface area contributed by atoms with Gasteiger partial charge in [0.2, 0.25) is 11.8 Å².